The normalized spacial score (nSPS) is 16.0. The molecule has 2 heterocycles. The van der Waals surface area contributed by atoms with Crippen molar-refractivity contribution in [2.45, 2.75) is 25.3 Å². The largest absolute Gasteiger partial charge is 0.508 e. The molecule has 4 N–H and O–H groups in total. The lowest BCUT2D eigenvalue weighted by Gasteiger charge is -2.28. The first kappa shape index (κ1) is 17.8. The second kappa shape index (κ2) is 7.58. The fourth-order valence-corrected chi connectivity index (χ4v) is 4.04. The highest BCUT2D eigenvalue weighted by molar-refractivity contribution is 7.71. The molecule has 3 aromatic rings. The maximum absolute atomic E-state index is 9.99. The average molecular weight is 382 g/mol. The van der Waals surface area contributed by atoms with Crippen molar-refractivity contribution in [3.05, 3.63) is 75.8 Å². The summed E-state index contributed by atoms with van der Waals surface area (Å²) in [5.41, 5.74) is 10.1. The summed E-state index contributed by atoms with van der Waals surface area (Å²) in [6.07, 6.45) is 4.28. The lowest BCUT2D eigenvalue weighted by atomic mass is 9.97. The van der Waals surface area contributed by atoms with E-state index in [-0.39, 0.29) is 6.04 Å². The molecule has 0 bridgehead atoms. The van der Waals surface area contributed by atoms with Gasteiger partial charge in [-0.25, -0.2) is 0 Å². The molecule has 0 spiro atoms. The summed E-state index contributed by atoms with van der Waals surface area (Å²) in [4.78, 5) is 3.13. The van der Waals surface area contributed by atoms with Crippen molar-refractivity contribution in [3.8, 4) is 11.5 Å². The lowest BCUT2D eigenvalue weighted by Crippen LogP contribution is -2.26. The Morgan fingerprint density at radius 2 is 2.11 bits per heavy atom. The molecule has 1 unspecified atom stereocenters. The first-order valence-corrected chi connectivity index (χ1v) is 9.57. The minimum absolute atomic E-state index is 0.168. The molecule has 140 valence electrons. The second-order valence-electron chi connectivity index (χ2n) is 6.91. The number of rotatable bonds is 5. The van der Waals surface area contributed by atoms with Gasteiger partial charge in [-0.05, 0) is 47.6 Å². The number of fused-ring (bicyclic) bond motifs is 1. The molecule has 0 amide bonds. The number of aromatic nitrogens is 2. The number of phenolic OH excluding ortho intramolecular Hbond substituents is 1. The van der Waals surface area contributed by atoms with Gasteiger partial charge in [-0.2, -0.15) is 0 Å². The Bertz CT molecular complexity index is 1010. The summed E-state index contributed by atoms with van der Waals surface area (Å²) in [7, 11) is 0. The van der Waals surface area contributed by atoms with E-state index in [0.29, 0.717) is 30.1 Å². The van der Waals surface area contributed by atoms with Gasteiger partial charge in [0.1, 0.15) is 18.1 Å². The molecule has 6 heteroatoms. The van der Waals surface area contributed by atoms with Gasteiger partial charge >= 0.3 is 0 Å². The maximum Gasteiger partial charge on any atom is 0.177 e. The van der Waals surface area contributed by atoms with Gasteiger partial charge in [0.05, 0.1) is 6.04 Å². The fourth-order valence-electron chi connectivity index (χ4n) is 3.71. The number of nitrogens with two attached hydrogens (primary N) is 1. The molecule has 0 saturated heterocycles. The van der Waals surface area contributed by atoms with Crippen LogP contribution >= 0.6 is 12.2 Å². The van der Waals surface area contributed by atoms with Crippen molar-refractivity contribution < 1.29 is 9.84 Å². The van der Waals surface area contributed by atoms with E-state index in [4.69, 9.17) is 22.7 Å². The first-order valence-electron chi connectivity index (χ1n) is 9.16. The van der Waals surface area contributed by atoms with Gasteiger partial charge in [0, 0.05) is 31.2 Å². The molecule has 0 saturated carbocycles. The van der Waals surface area contributed by atoms with Crippen molar-refractivity contribution in [1.82, 2.24) is 9.55 Å². The SMILES string of the molecule is NCCc1c[nH]c(=S)n1C1COc2cc(Cc3ccccc3O)ccc2C1. The Morgan fingerprint density at radius 3 is 2.93 bits per heavy atom. The number of hydrogen-bond acceptors (Lipinski definition) is 4. The molecule has 1 atom stereocenters. The number of nitrogens with zero attached hydrogens (tertiary/aromatic N) is 1. The first-order chi connectivity index (χ1) is 13.2. The lowest BCUT2D eigenvalue weighted by molar-refractivity contribution is 0.220. The van der Waals surface area contributed by atoms with E-state index < -0.39 is 0 Å². The van der Waals surface area contributed by atoms with E-state index >= 15 is 0 Å². The van der Waals surface area contributed by atoms with Gasteiger partial charge in [0.2, 0.25) is 0 Å². The summed E-state index contributed by atoms with van der Waals surface area (Å²) in [6, 6.07) is 13.9. The van der Waals surface area contributed by atoms with E-state index in [0.717, 1.165) is 35.4 Å². The topological polar surface area (TPSA) is 76.2 Å². The highest BCUT2D eigenvalue weighted by atomic mass is 32.1. The smallest absolute Gasteiger partial charge is 0.177 e. The quantitative estimate of drug-likeness (QED) is 0.591. The third kappa shape index (κ3) is 3.63. The molecule has 0 aliphatic carbocycles. The molecule has 27 heavy (non-hydrogen) atoms. The van der Waals surface area contributed by atoms with E-state index in [1.807, 2.05) is 24.4 Å². The summed E-state index contributed by atoms with van der Waals surface area (Å²) in [5, 5.41) is 9.99. The van der Waals surface area contributed by atoms with Crippen molar-refractivity contribution in [1.29, 1.82) is 0 Å². The van der Waals surface area contributed by atoms with Gasteiger partial charge in [-0.1, -0.05) is 30.3 Å². The number of ether oxygens (including phenoxy) is 1. The Kier molecular flexibility index (Phi) is 5.01. The summed E-state index contributed by atoms with van der Waals surface area (Å²) in [5.74, 6) is 1.24. The Hall–Kier alpha value is -2.57. The molecular formula is C21H23N3O2S. The molecule has 2 aromatic carbocycles. The average Bonchev–Trinajstić information content (AvgIpc) is 3.04. The minimum Gasteiger partial charge on any atom is -0.508 e. The number of benzene rings is 2. The number of aromatic hydroxyl groups is 1. The van der Waals surface area contributed by atoms with Crippen LogP contribution in [-0.2, 0) is 19.3 Å². The van der Waals surface area contributed by atoms with Gasteiger partial charge in [-0.3, -0.25) is 0 Å². The monoisotopic (exact) mass is 381 g/mol. The van der Waals surface area contributed by atoms with Crippen molar-refractivity contribution in [3.63, 3.8) is 0 Å². The van der Waals surface area contributed by atoms with Gasteiger partial charge in [0.15, 0.2) is 4.77 Å². The third-order valence-corrected chi connectivity index (χ3v) is 5.38. The van der Waals surface area contributed by atoms with E-state index in [1.165, 1.54) is 5.56 Å². The zero-order chi connectivity index (χ0) is 18.8. The second-order valence-corrected chi connectivity index (χ2v) is 7.30. The van der Waals surface area contributed by atoms with Crippen molar-refractivity contribution in [2.24, 2.45) is 5.73 Å². The number of nitrogens with one attached hydrogen (secondary N) is 1. The molecule has 5 nitrogen and oxygen atoms in total. The van der Waals surface area contributed by atoms with E-state index in [9.17, 15) is 5.11 Å². The van der Waals surface area contributed by atoms with Crippen LogP contribution in [0.15, 0.2) is 48.7 Å². The van der Waals surface area contributed by atoms with E-state index in [1.54, 1.807) is 6.07 Å². The van der Waals surface area contributed by atoms with Crippen LogP contribution in [0.3, 0.4) is 0 Å². The zero-order valence-corrected chi connectivity index (χ0v) is 15.8. The van der Waals surface area contributed by atoms with Crippen LogP contribution in [0.2, 0.25) is 0 Å². The number of imidazole rings is 1. The summed E-state index contributed by atoms with van der Waals surface area (Å²) >= 11 is 5.46. The van der Waals surface area contributed by atoms with Crippen LogP contribution in [0.25, 0.3) is 0 Å². The van der Waals surface area contributed by atoms with Gasteiger partial charge < -0.3 is 25.1 Å². The Labute approximate surface area is 163 Å². The summed E-state index contributed by atoms with van der Waals surface area (Å²) < 4.78 is 8.94. The van der Waals surface area contributed by atoms with Gasteiger partial charge in [-0.15, -0.1) is 0 Å². The molecule has 4 rings (SSSR count). The number of aromatic amines is 1. The van der Waals surface area contributed by atoms with Crippen molar-refractivity contribution in [2.75, 3.05) is 13.2 Å². The molecule has 1 aliphatic heterocycles. The molecule has 1 aromatic heterocycles. The predicted octanol–water partition coefficient (Wildman–Crippen LogP) is 3.52. The van der Waals surface area contributed by atoms with Crippen molar-refractivity contribution >= 4 is 12.2 Å². The van der Waals surface area contributed by atoms with Crippen LogP contribution in [0.4, 0.5) is 0 Å². The van der Waals surface area contributed by atoms with E-state index in [2.05, 4.69) is 27.8 Å². The zero-order valence-electron chi connectivity index (χ0n) is 15.0. The van der Waals surface area contributed by atoms with Crippen LogP contribution in [0.5, 0.6) is 11.5 Å². The standard InChI is InChI=1S/C21H23N3O2S/c22-8-7-17-12-23-21(27)24(17)18-11-16-6-5-14(10-20(16)26-13-18)9-15-3-1-2-4-19(15)25/h1-6,10,12,18,25H,7-9,11,13,22H2,(H,23,27). The molecular weight excluding hydrogens is 358 g/mol. The van der Waals surface area contributed by atoms with Crippen LogP contribution < -0.4 is 10.5 Å². The molecule has 1 aliphatic rings. The third-order valence-electron chi connectivity index (χ3n) is 5.06. The van der Waals surface area contributed by atoms with Gasteiger partial charge in [0.25, 0.3) is 0 Å². The van der Waals surface area contributed by atoms with Crippen LogP contribution in [0, 0.1) is 4.77 Å². The number of H-pyrrole nitrogens is 1. The Morgan fingerprint density at radius 1 is 1.26 bits per heavy atom. The number of para-hydroxylation sites is 1. The number of phenols is 1. The number of hydrogen-bond donors (Lipinski definition) is 3. The molecule has 0 fully saturated rings. The fraction of sp³-hybridized carbons (Fsp3) is 0.286. The highest BCUT2D eigenvalue weighted by Crippen LogP contribution is 2.32. The highest BCUT2D eigenvalue weighted by Gasteiger charge is 2.24. The minimum atomic E-state index is 0.168. The van der Waals surface area contributed by atoms with Crippen LogP contribution in [0.1, 0.15) is 28.4 Å². The summed E-state index contributed by atoms with van der Waals surface area (Å²) in [6.45, 7) is 1.17. The maximum atomic E-state index is 9.99. The molecule has 0 radical (unpaired) electrons. The van der Waals surface area contributed by atoms with Crippen LogP contribution in [-0.4, -0.2) is 27.8 Å². The predicted molar refractivity (Wildman–Crippen MR) is 108 cm³/mol. The Balaban J connectivity index is 1.56.